The third-order valence-electron chi connectivity index (χ3n) is 3.18. The van der Waals surface area contributed by atoms with Crippen LogP contribution in [-0.2, 0) is 11.2 Å². The van der Waals surface area contributed by atoms with Gasteiger partial charge in [-0.1, -0.05) is 36.3 Å². The molecule has 22 heavy (non-hydrogen) atoms. The van der Waals surface area contributed by atoms with Gasteiger partial charge in [-0.15, -0.1) is 0 Å². The number of carboxylic acids is 1. The molecule has 0 saturated carbocycles. The van der Waals surface area contributed by atoms with Gasteiger partial charge < -0.3 is 10.4 Å². The molecule has 0 aliphatic carbocycles. The Morgan fingerprint density at radius 3 is 2.27 bits per heavy atom. The van der Waals surface area contributed by atoms with Crippen LogP contribution in [0.4, 0.5) is 0 Å². The number of hydrogen-bond donors (Lipinski definition) is 2. The molecule has 1 unspecified atom stereocenters. The zero-order valence-electron chi connectivity index (χ0n) is 11.7. The first kappa shape index (κ1) is 15.3. The number of carbonyl (C=O) groups is 2. The predicted molar refractivity (Wildman–Crippen MR) is 81.7 cm³/mol. The summed E-state index contributed by atoms with van der Waals surface area (Å²) in [4.78, 5) is 23.4. The van der Waals surface area contributed by atoms with E-state index in [2.05, 4.69) is 11.2 Å². The van der Waals surface area contributed by atoms with Gasteiger partial charge in [0.05, 0.1) is 0 Å². The van der Waals surface area contributed by atoms with Crippen LogP contribution in [0.5, 0.6) is 0 Å². The molecule has 0 bridgehead atoms. The minimum absolute atomic E-state index is 0.217. The average Bonchev–Trinajstić information content (AvgIpc) is 2.55. The summed E-state index contributed by atoms with van der Waals surface area (Å²) < 4.78 is 0. The molecule has 2 aromatic carbocycles. The predicted octanol–water partition coefficient (Wildman–Crippen LogP) is 2.05. The van der Waals surface area contributed by atoms with Gasteiger partial charge in [0.15, 0.2) is 0 Å². The quantitative estimate of drug-likeness (QED) is 0.829. The molecule has 0 fully saturated rings. The molecular formula is C18H14NO3. The van der Waals surface area contributed by atoms with Crippen LogP contribution in [0.2, 0.25) is 0 Å². The number of benzene rings is 2. The monoisotopic (exact) mass is 292 g/mol. The van der Waals surface area contributed by atoms with Gasteiger partial charge in [-0.25, -0.2) is 4.79 Å². The summed E-state index contributed by atoms with van der Waals surface area (Å²) in [6.07, 6.45) is 7.20. The lowest BCUT2D eigenvalue weighted by atomic mass is 10.1. The minimum atomic E-state index is -1.08. The molecule has 4 heteroatoms. The summed E-state index contributed by atoms with van der Waals surface area (Å²) in [5.41, 5.74) is 1.73. The van der Waals surface area contributed by atoms with E-state index in [1.54, 1.807) is 12.1 Å². The second-order valence-corrected chi connectivity index (χ2v) is 4.76. The van der Waals surface area contributed by atoms with Crippen molar-refractivity contribution in [1.29, 1.82) is 0 Å². The van der Waals surface area contributed by atoms with Gasteiger partial charge >= 0.3 is 5.97 Å². The largest absolute Gasteiger partial charge is 0.480 e. The van der Waals surface area contributed by atoms with E-state index in [0.717, 1.165) is 5.56 Å². The van der Waals surface area contributed by atoms with Crippen LogP contribution >= 0.6 is 0 Å². The van der Waals surface area contributed by atoms with Crippen molar-refractivity contribution in [3.63, 3.8) is 0 Å². The number of nitrogens with one attached hydrogen (secondary N) is 1. The van der Waals surface area contributed by atoms with Crippen molar-refractivity contribution in [1.82, 2.24) is 5.32 Å². The average molecular weight is 292 g/mol. The van der Waals surface area contributed by atoms with Crippen molar-refractivity contribution >= 4 is 11.9 Å². The van der Waals surface area contributed by atoms with Crippen LogP contribution in [0.25, 0.3) is 0 Å². The molecular weight excluding hydrogens is 278 g/mol. The summed E-state index contributed by atoms with van der Waals surface area (Å²) >= 11 is 0. The first-order valence-electron chi connectivity index (χ1n) is 6.70. The Labute approximate surface area is 128 Å². The normalized spacial score (nSPS) is 11.2. The maximum Gasteiger partial charge on any atom is 0.326 e. The molecule has 1 radical (unpaired) electrons. The fraction of sp³-hybridized carbons (Fsp3) is 0.111. The van der Waals surface area contributed by atoms with E-state index in [-0.39, 0.29) is 6.42 Å². The van der Waals surface area contributed by atoms with Gasteiger partial charge in [0, 0.05) is 17.5 Å². The highest BCUT2D eigenvalue weighted by atomic mass is 16.4. The minimum Gasteiger partial charge on any atom is -0.480 e. The molecule has 1 atom stereocenters. The lowest BCUT2D eigenvalue weighted by molar-refractivity contribution is -0.139. The standard InChI is InChI=1S/C18H14NO3/c1-2-13-8-10-15(11-9-13)17(20)19-16(18(21)22)12-14-6-4-3-5-7-14/h3-11,16H,12H2,(H,19,20)(H,21,22). The second-order valence-electron chi connectivity index (χ2n) is 4.76. The number of rotatable bonds is 5. The Morgan fingerprint density at radius 1 is 1.09 bits per heavy atom. The van der Waals surface area contributed by atoms with Crippen molar-refractivity contribution < 1.29 is 14.7 Å². The highest BCUT2D eigenvalue weighted by Gasteiger charge is 2.21. The molecule has 109 valence electrons. The van der Waals surface area contributed by atoms with Crippen LogP contribution in [0.1, 0.15) is 21.5 Å². The third kappa shape index (κ3) is 3.97. The lowest BCUT2D eigenvalue weighted by Crippen LogP contribution is -2.42. The summed E-state index contributed by atoms with van der Waals surface area (Å²) in [5, 5.41) is 11.8. The molecule has 0 aliphatic rings. The van der Waals surface area contributed by atoms with Crippen LogP contribution < -0.4 is 5.32 Å². The molecule has 0 heterocycles. The molecule has 2 aromatic rings. The number of carboxylic acid groups (broad SMARTS) is 1. The Hall–Kier alpha value is -3.06. The Kier molecular flexibility index (Phi) is 4.94. The van der Waals surface area contributed by atoms with E-state index in [1.807, 2.05) is 30.3 Å². The fourth-order valence-electron chi connectivity index (χ4n) is 2.00. The lowest BCUT2D eigenvalue weighted by Gasteiger charge is -2.14. The number of carbonyl (C=O) groups excluding carboxylic acids is 1. The molecule has 0 spiro atoms. The van der Waals surface area contributed by atoms with Gasteiger partial charge in [0.1, 0.15) is 6.04 Å². The maximum atomic E-state index is 12.1. The Balaban J connectivity index is 2.08. The van der Waals surface area contributed by atoms with Crippen LogP contribution in [0.15, 0.2) is 54.6 Å². The molecule has 0 aliphatic heterocycles. The van der Waals surface area contributed by atoms with E-state index in [4.69, 9.17) is 6.42 Å². The SMILES string of the molecule is [C]#Cc1ccc(C(=O)NC(Cc2ccccc2)C(=O)O)cc1. The fourth-order valence-corrected chi connectivity index (χ4v) is 2.00. The van der Waals surface area contributed by atoms with Gasteiger partial charge in [-0.3, -0.25) is 4.79 Å². The molecule has 1 amide bonds. The van der Waals surface area contributed by atoms with Crippen LogP contribution in [-0.4, -0.2) is 23.0 Å². The zero-order chi connectivity index (χ0) is 15.9. The third-order valence-corrected chi connectivity index (χ3v) is 3.18. The summed E-state index contributed by atoms with van der Waals surface area (Å²) in [5.74, 6) is 0.669. The Bertz CT molecular complexity index is 699. The zero-order valence-corrected chi connectivity index (χ0v) is 11.7. The molecule has 2 N–H and O–H groups in total. The van der Waals surface area contributed by atoms with Crippen molar-refractivity contribution in [2.45, 2.75) is 12.5 Å². The van der Waals surface area contributed by atoms with Crippen molar-refractivity contribution in [2.24, 2.45) is 0 Å². The van der Waals surface area contributed by atoms with E-state index in [1.165, 1.54) is 12.1 Å². The first-order valence-corrected chi connectivity index (χ1v) is 6.70. The highest BCUT2D eigenvalue weighted by Crippen LogP contribution is 2.07. The smallest absolute Gasteiger partial charge is 0.326 e. The molecule has 4 nitrogen and oxygen atoms in total. The Morgan fingerprint density at radius 2 is 1.73 bits per heavy atom. The van der Waals surface area contributed by atoms with Gasteiger partial charge in [0.25, 0.3) is 5.91 Å². The van der Waals surface area contributed by atoms with E-state index in [0.29, 0.717) is 11.1 Å². The number of hydrogen-bond acceptors (Lipinski definition) is 2. The summed E-state index contributed by atoms with van der Waals surface area (Å²) in [6.45, 7) is 0. The number of aliphatic carboxylic acids is 1. The maximum absolute atomic E-state index is 12.1. The summed E-state index contributed by atoms with van der Waals surface area (Å²) in [6, 6.07) is 14.4. The first-order chi connectivity index (χ1) is 10.6. The molecule has 0 saturated heterocycles. The van der Waals surface area contributed by atoms with Crippen molar-refractivity contribution in [3.05, 3.63) is 77.7 Å². The highest BCUT2D eigenvalue weighted by molar-refractivity contribution is 5.96. The van der Waals surface area contributed by atoms with Gasteiger partial charge in [-0.05, 0) is 36.3 Å². The molecule has 2 rings (SSSR count). The van der Waals surface area contributed by atoms with E-state index >= 15 is 0 Å². The summed E-state index contributed by atoms with van der Waals surface area (Å²) in [7, 11) is 0. The van der Waals surface area contributed by atoms with Gasteiger partial charge in [0.2, 0.25) is 0 Å². The van der Waals surface area contributed by atoms with Crippen molar-refractivity contribution in [2.75, 3.05) is 0 Å². The number of amides is 1. The second kappa shape index (κ2) is 7.09. The van der Waals surface area contributed by atoms with E-state index < -0.39 is 17.9 Å². The van der Waals surface area contributed by atoms with Crippen LogP contribution in [0, 0.1) is 12.3 Å². The van der Waals surface area contributed by atoms with E-state index in [9.17, 15) is 14.7 Å². The van der Waals surface area contributed by atoms with Gasteiger partial charge in [-0.2, -0.15) is 0 Å². The topological polar surface area (TPSA) is 66.4 Å². The molecule has 0 aromatic heterocycles. The van der Waals surface area contributed by atoms with Crippen LogP contribution in [0.3, 0.4) is 0 Å². The van der Waals surface area contributed by atoms with Crippen molar-refractivity contribution in [3.8, 4) is 5.92 Å².